The molecule has 1 aromatic heterocycles. The van der Waals surface area contributed by atoms with Crippen molar-refractivity contribution in [3.8, 4) is 33.4 Å². The SMILES string of the molecule is [2H]c1c([2H])c([2H])c2c(-c3cccc4oc5c6ccccc6ccc5c34)c3c([2H])c([2H])c([2H])c([2H])c3c(-c3cccc4c(-c5ccccc5)cccc34)c2c1[2H]. The van der Waals surface area contributed by atoms with E-state index in [1.165, 1.54) is 0 Å². The zero-order valence-corrected chi connectivity index (χ0v) is 25.0. The van der Waals surface area contributed by atoms with Gasteiger partial charge in [-0.25, -0.2) is 0 Å². The van der Waals surface area contributed by atoms with Gasteiger partial charge in [0.2, 0.25) is 0 Å². The van der Waals surface area contributed by atoms with Crippen LogP contribution in [0.3, 0.4) is 0 Å². The van der Waals surface area contributed by atoms with E-state index in [0.29, 0.717) is 38.8 Å². The number of furan rings is 1. The van der Waals surface area contributed by atoms with Crippen molar-refractivity contribution >= 4 is 65.0 Å². The van der Waals surface area contributed by atoms with Gasteiger partial charge in [0.25, 0.3) is 0 Å². The molecule has 0 saturated heterocycles. The molecule has 0 saturated carbocycles. The molecule has 0 aliphatic heterocycles. The summed E-state index contributed by atoms with van der Waals surface area (Å²) in [6.07, 6.45) is 0. The lowest BCUT2D eigenvalue weighted by atomic mass is 9.83. The first kappa shape index (κ1) is 19.4. The second-order valence-corrected chi connectivity index (χ2v) is 11.8. The van der Waals surface area contributed by atoms with Crippen LogP contribution in [-0.4, -0.2) is 0 Å². The summed E-state index contributed by atoms with van der Waals surface area (Å²) in [5, 5.41) is 5.68. The van der Waals surface area contributed by atoms with Crippen LogP contribution in [0.25, 0.3) is 98.4 Å². The number of fused-ring (bicyclic) bond motifs is 8. The van der Waals surface area contributed by atoms with Crippen LogP contribution in [0, 0.1) is 0 Å². The van der Waals surface area contributed by atoms with Crippen molar-refractivity contribution in [1.82, 2.24) is 0 Å². The summed E-state index contributed by atoms with van der Waals surface area (Å²) in [5.74, 6) is 0. The van der Waals surface area contributed by atoms with Crippen molar-refractivity contribution in [1.29, 1.82) is 0 Å². The molecule has 9 aromatic carbocycles. The molecule has 1 heterocycles. The molecule has 0 bridgehead atoms. The lowest BCUT2D eigenvalue weighted by Crippen LogP contribution is -1.92. The third-order valence-corrected chi connectivity index (χ3v) is 9.31. The maximum Gasteiger partial charge on any atom is 0.143 e. The Morgan fingerprint density at radius 3 is 1.66 bits per heavy atom. The Kier molecular flexibility index (Phi) is 4.19. The normalized spacial score (nSPS) is 14.2. The first-order chi connectivity index (χ1) is 26.7. The number of hydrogen-bond acceptors (Lipinski definition) is 1. The van der Waals surface area contributed by atoms with E-state index in [1.807, 2.05) is 115 Å². The van der Waals surface area contributed by atoms with Gasteiger partial charge < -0.3 is 4.42 Å². The minimum absolute atomic E-state index is 0.164. The van der Waals surface area contributed by atoms with Crippen molar-refractivity contribution in [3.63, 3.8) is 0 Å². The molecule has 0 radical (unpaired) electrons. The van der Waals surface area contributed by atoms with Crippen LogP contribution in [-0.2, 0) is 0 Å². The fourth-order valence-electron chi connectivity index (χ4n) is 7.32. The summed E-state index contributed by atoms with van der Waals surface area (Å²) >= 11 is 0. The highest BCUT2D eigenvalue weighted by molar-refractivity contribution is 6.28. The van der Waals surface area contributed by atoms with Crippen LogP contribution in [0.1, 0.15) is 11.0 Å². The summed E-state index contributed by atoms with van der Waals surface area (Å²) in [5.41, 5.74) is 4.88. The highest BCUT2D eigenvalue weighted by Gasteiger charge is 2.21. The molecule has 10 rings (SSSR count). The van der Waals surface area contributed by atoms with Crippen LogP contribution in [0.15, 0.2) is 174 Å². The van der Waals surface area contributed by atoms with E-state index in [9.17, 15) is 5.48 Å². The van der Waals surface area contributed by atoms with Gasteiger partial charge in [-0.2, -0.15) is 0 Å². The maximum atomic E-state index is 9.52. The average Bonchev–Trinajstić information content (AvgIpc) is 3.62. The van der Waals surface area contributed by atoms with E-state index in [0.717, 1.165) is 38.1 Å². The summed E-state index contributed by atoms with van der Waals surface area (Å²) in [7, 11) is 0. The molecular weight excluding hydrogens is 569 g/mol. The molecule has 1 heteroatoms. The van der Waals surface area contributed by atoms with E-state index >= 15 is 0 Å². The zero-order valence-electron chi connectivity index (χ0n) is 33.0. The fourth-order valence-corrected chi connectivity index (χ4v) is 7.32. The minimum atomic E-state index is -0.440. The van der Waals surface area contributed by atoms with E-state index < -0.39 is 24.2 Å². The first-order valence-corrected chi connectivity index (χ1v) is 15.5. The van der Waals surface area contributed by atoms with Gasteiger partial charge in [0, 0.05) is 16.2 Å². The van der Waals surface area contributed by atoms with Crippen LogP contribution >= 0.6 is 0 Å². The van der Waals surface area contributed by atoms with Crippen molar-refractivity contribution in [3.05, 3.63) is 170 Å². The summed E-state index contributed by atoms with van der Waals surface area (Å²) < 4.78 is 80.3. The Balaban J connectivity index is 1.47. The van der Waals surface area contributed by atoms with Gasteiger partial charge in [-0.05, 0) is 83.2 Å². The molecule has 0 spiro atoms. The van der Waals surface area contributed by atoms with E-state index in [-0.39, 0.29) is 45.7 Å². The minimum Gasteiger partial charge on any atom is -0.455 e. The van der Waals surface area contributed by atoms with Gasteiger partial charge in [0.15, 0.2) is 0 Å². The lowest BCUT2D eigenvalue weighted by Gasteiger charge is -2.19. The van der Waals surface area contributed by atoms with Crippen molar-refractivity contribution in [2.75, 3.05) is 0 Å². The number of hydrogen-bond donors (Lipinski definition) is 0. The molecule has 218 valence electrons. The molecule has 0 aliphatic rings. The third-order valence-electron chi connectivity index (χ3n) is 9.31. The molecule has 0 amide bonds. The molecule has 0 aliphatic carbocycles. The van der Waals surface area contributed by atoms with E-state index in [4.69, 9.17) is 9.90 Å². The topological polar surface area (TPSA) is 13.1 Å². The summed E-state index contributed by atoms with van der Waals surface area (Å²) in [4.78, 5) is 0. The van der Waals surface area contributed by atoms with Gasteiger partial charge in [-0.3, -0.25) is 0 Å². The molecule has 0 unspecified atom stereocenters. The highest BCUT2D eigenvalue weighted by atomic mass is 16.3. The van der Waals surface area contributed by atoms with Crippen LogP contribution in [0.4, 0.5) is 0 Å². The van der Waals surface area contributed by atoms with Gasteiger partial charge >= 0.3 is 0 Å². The Labute approximate surface area is 283 Å². The van der Waals surface area contributed by atoms with Crippen LogP contribution in [0.5, 0.6) is 0 Å². The second kappa shape index (κ2) is 10.2. The smallest absolute Gasteiger partial charge is 0.143 e. The number of benzene rings is 9. The molecule has 0 atom stereocenters. The molecular formula is C46H28O. The zero-order chi connectivity index (χ0) is 37.9. The van der Waals surface area contributed by atoms with Gasteiger partial charge in [0.05, 0.1) is 11.0 Å². The van der Waals surface area contributed by atoms with Crippen LogP contribution < -0.4 is 0 Å². The van der Waals surface area contributed by atoms with Gasteiger partial charge in [-0.1, -0.05) is 158 Å². The fraction of sp³-hybridized carbons (Fsp3) is 0. The molecule has 47 heavy (non-hydrogen) atoms. The quantitative estimate of drug-likeness (QED) is 0.183. The van der Waals surface area contributed by atoms with Crippen LogP contribution in [0.2, 0.25) is 0 Å². The highest BCUT2D eigenvalue weighted by Crippen LogP contribution is 2.48. The standard InChI is InChI=1S/C46H28O/c1-2-13-29(14-3-1)31-21-10-23-34-33(31)22-11-24-35(34)43-36-17-6-8-19-38(36)44(39-20-9-7-18-37(39)43)40-25-12-26-42-45(40)41-28-27-30-15-4-5-16-32(30)46(41)47-42/h1-28H/i6D,7D,8D,9D,17D,18D,19D,20D. The van der Waals surface area contributed by atoms with Crippen molar-refractivity contribution < 1.29 is 15.4 Å². The molecule has 0 N–H and O–H groups in total. The Bertz CT molecular complexity index is 3220. The Morgan fingerprint density at radius 2 is 0.936 bits per heavy atom. The molecule has 0 fully saturated rings. The molecule has 10 aromatic rings. The Morgan fingerprint density at radius 1 is 0.383 bits per heavy atom. The average molecular weight is 605 g/mol. The predicted molar refractivity (Wildman–Crippen MR) is 200 cm³/mol. The monoisotopic (exact) mass is 604 g/mol. The lowest BCUT2D eigenvalue weighted by molar-refractivity contribution is 0.673. The maximum absolute atomic E-state index is 9.52. The largest absolute Gasteiger partial charge is 0.455 e. The second-order valence-electron chi connectivity index (χ2n) is 11.8. The third kappa shape index (κ3) is 3.84. The first-order valence-electron chi connectivity index (χ1n) is 19.5. The van der Waals surface area contributed by atoms with Gasteiger partial charge in [0.1, 0.15) is 11.2 Å². The summed E-state index contributed by atoms with van der Waals surface area (Å²) in [6, 6.07) is 36.0. The number of rotatable bonds is 3. The molecule has 1 nitrogen and oxygen atoms in total. The predicted octanol–water partition coefficient (Wildman–Crippen LogP) is 13.2. The van der Waals surface area contributed by atoms with Gasteiger partial charge in [-0.15, -0.1) is 0 Å². The summed E-state index contributed by atoms with van der Waals surface area (Å²) in [6.45, 7) is 0. The Hall–Kier alpha value is -6.18. The van der Waals surface area contributed by atoms with E-state index in [2.05, 4.69) is 0 Å². The van der Waals surface area contributed by atoms with E-state index in [1.54, 1.807) is 6.07 Å². The van der Waals surface area contributed by atoms with Crippen molar-refractivity contribution in [2.45, 2.75) is 0 Å². The van der Waals surface area contributed by atoms with Crippen molar-refractivity contribution in [2.24, 2.45) is 0 Å².